The molecule has 1 aromatic heterocycles. The molecule has 120 valence electrons. The summed E-state index contributed by atoms with van der Waals surface area (Å²) in [6, 6.07) is 7.34. The van der Waals surface area contributed by atoms with Gasteiger partial charge in [-0.1, -0.05) is 17.4 Å². The number of rotatable bonds is 6. The van der Waals surface area contributed by atoms with Crippen molar-refractivity contribution in [2.45, 2.75) is 4.21 Å². The van der Waals surface area contributed by atoms with Crippen LogP contribution in [0.15, 0.2) is 39.6 Å². The van der Waals surface area contributed by atoms with Crippen LogP contribution < -0.4 is 10.2 Å². The number of nitrogens with zero attached hydrogens (tertiary/aromatic N) is 2. The molecule has 1 N–H and O–H groups in total. The number of hydrogen-bond donors (Lipinski definition) is 1. The van der Waals surface area contributed by atoms with Crippen LogP contribution in [-0.2, 0) is 0 Å². The average Bonchev–Trinajstić information content (AvgIpc) is 2.97. The molecular formula is C14H13N3O4S2. The van der Waals surface area contributed by atoms with Crippen LogP contribution in [0, 0.1) is 10.1 Å². The molecule has 0 aliphatic rings. The molecule has 0 bridgehead atoms. The van der Waals surface area contributed by atoms with Crippen LogP contribution >= 0.6 is 23.1 Å². The highest BCUT2D eigenvalue weighted by Gasteiger charge is 2.11. The van der Waals surface area contributed by atoms with Gasteiger partial charge in [0.25, 0.3) is 11.6 Å². The number of nitrogens with one attached hydrogen (secondary N) is 1. The number of ether oxygens (including phenoxy) is 1. The monoisotopic (exact) mass is 351 g/mol. The predicted octanol–water partition coefficient (Wildman–Crippen LogP) is 3.15. The third kappa shape index (κ3) is 4.30. The molecule has 0 radical (unpaired) electrons. The van der Waals surface area contributed by atoms with Crippen molar-refractivity contribution >= 4 is 40.9 Å². The highest BCUT2D eigenvalue weighted by molar-refractivity contribution is 8.00. The molecule has 0 saturated heterocycles. The van der Waals surface area contributed by atoms with Gasteiger partial charge >= 0.3 is 0 Å². The van der Waals surface area contributed by atoms with Crippen molar-refractivity contribution in [1.82, 2.24) is 5.43 Å². The van der Waals surface area contributed by atoms with Crippen LogP contribution in [0.1, 0.15) is 15.9 Å². The van der Waals surface area contributed by atoms with E-state index in [1.807, 2.05) is 12.3 Å². The van der Waals surface area contributed by atoms with E-state index in [-0.39, 0.29) is 11.3 Å². The van der Waals surface area contributed by atoms with Crippen LogP contribution in [0.2, 0.25) is 0 Å². The summed E-state index contributed by atoms with van der Waals surface area (Å²) in [5.74, 6) is -0.524. The first kappa shape index (κ1) is 17.0. The largest absolute Gasteiger partial charge is 0.487 e. The van der Waals surface area contributed by atoms with Gasteiger partial charge in [-0.25, -0.2) is 5.43 Å². The molecule has 0 unspecified atom stereocenters. The average molecular weight is 351 g/mol. The Morgan fingerprint density at radius 3 is 2.91 bits per heavy atom. The molecule has 0 spiro atoms. The molecule has 1 amide bonds. The summed E-state index contributed by atoms with van der Waals surface area (Å²) in [7, 11) is 1.56. The molecule has 1 aromatic carbocycles. The van der Waals surface area contributed by atoms with Gasteiger partial charge in [0, 0.05) is 23.3 Å². The predicted molar refractivity (Wildman–Crippen MR) is 90.8 cm³/mol. The summed E-state index contributed by atoms with van der Waals surface area (Å²) in [6.07, 6.45) is 3.43. The lowest BCUT2D eigenvalue weighted by molar-refractivity contribution is -0.384. The number of nitro groups is 1. The van der Waals surface area contributed by atoms with Gasteiger partial charge in [0.2, 0.25) is 0 Å². The number of carbonyl (C=O) groups excluding carboxylic acids is 1. The topological polar surface area (TPSA) is 93.8 Å². The summed E-state index contributed by atoms with van der Waals surface area (Å²) in [4.78, 5) is 22.1. The zero-order valence-electron chi connectivity index (χ0n) is 12.3. The smallest absolute Gasteiger partial charge is 0.271 e. The van der Waals surface area contributed by atoms with E-state index in [0.717, 1.165) is 9.77 Å². The lowest BCUT2D eigenvalue weighted by Gasteiger charge is -2.00. The SMILES string of the molecule is COc1sc(SC)cc1/C=N/NC(=O)c1cccc([N+](=O)[O-])c1. The zero-order valence-corrected chi connectivity index (χ0v) is 13.9. The number of thiophene rings is 1. The molecule has 9 heteroatoms. The van der Waals surface area contributed by atoms with E-state index in [9.17, 15) is 14.9 Å². The number of benzene rings is 1. The summed E-state index contributed by atoms with van der Waals surface area (Å²) in [5.41, 5.74) is 3.11. The van der Waals surface area contributed by atoms with Crippen LogP contribution in [-0.4, -0.2) is 30.4 Å². The third-order valence-corrected chi connectivity index (χ3v) is 4.95. The number of amides is 1. The second kappa shape index (κ2) is 7.75. The first-order valence-corrected chi connectivity index (χ1v) is 8.39. The van der Waals surface area contributed by atoms with E-state index in [1.165, 1.54) is 41.8 Å². The lowest BCUT2D eigenvalue weighted by atomic mass is 10.2. The molecule has 0 aliphatic heterocycles. The Morgan fingerprint density at radius 1 is 1.48 bits per heavy atom. The zero-order chi connectivity index (χ0) is 16.8. The fraction of sp³-hybridized carbons (Fsp3) is 0.143. The second-order valence-electron chi connectivity index (χ2n) is 4.22. The van der Waals surface area contributed by atoms with Gasteiger partial charge in [-0.15, -0.1) is 11.8 Å². The molecule has 0 aliphatic carbocycles. The van der Waals surface area contributed by atoms with Crippen LogP contribution in [0.3, 0.4) is 0 Å². The van der Waals surface area contributed by atoms with Crippen LogP contribution in [0.5, 0.6) is 5.06 Å². The van der Waals surface area contributed by atoms with E-state index in [2.05, 4.69) is 10.5 Å². The van der Waals surface area contributed by atoms with E-state index >= 15 is 0 Å². The minimum absolute atomic E-state index is 0.147. The number of nitro benzene ring substituents is 1. The third-order valence-electron chi connectivity index (χ3n) is 2.78. The van der Waals surface area contributed by atoms with Crippen molar-refractivity contribution in [3.05, 3.63) is 51.6 Å². The van der Waals surface area contributed by atoms with Crippen molar-refractivity contribution in [2.75, 3.05) is 13.4 Å². The van der Waals surface area contributed by atoms with E-state index < -0.39 is 10.8 Å². The Morgan fingerprint density at radius 2 is 2.26 bits per heavy atom. The lowest BCUT2D eigenvalue weighted by Crippen LogP contribution is -2.17. The van der Waals surface area contributed by atoms with Crippen molar-refractivity contribution in [2.24, 2.45) is 5.10 Å². The van der Waals surface area contributed by atoms with Crippen molar-refractivity contribution < 1.29 is 14.5 Å². The molecule has 23 heavy (non-hydrogen) atoms. The Labute approximate surface area is 140 Å². The summed E-state index contributed by atoms with van der Waals surface area (Å²) in [5, 5.41) is 15.3. The number of carbonyl (C=O) groups is 1. The van der Waals surface area contributed by atoms with Gasteiger partial charge in [-0.05, 0) is 18.4 Å². The van der Waals surface area contributed by atoms with Crippen molar-refractivity contribution in [1.29, 1.82) is 0 Å². The number of hydrogen-bond acceptors (Lipinski definition) is 7. The molecule has 1 heterocycles. The maximum atomic E-state index is 11.9. The molecule has 2 aromatic rings. The Hall–Kier alpha value is -2.39. The van der Waals surface area contributed by atoms with E-state index in [4.69, 9.17) is 4.74 Å². The van der Waals surface area contributed by atoms with E-state index in [1.54, 1.807) is 18.9 Å². The minimum atomic E-state index is -0.555. The summed E-state index contributed by atoms with van der Waals surface area (Å²) >= 11 is 3.07. The standard InChI is InChI=1S/C14H13N3O4S2/c1-21-14-10(7-12(22-2)23-14)8-15-16-13(18)9-4-3-5-11(6-9)17(19)20/h3-8H,1-2H3,(H,16,18)/b15-8+. The molecule has 0 saturated carbocycles. The number of thioether (sulfide) groups is 1. The molecular weight excluding hydrogens is 338 g/mol. The van der Waals surface area contributed by atoms with Crippen LogP contribution in [0.4, 0.5) is 5.69 Å². The normalized spacial score (nSPS) is 10.7. The first-order chi connectivity index (χ1) is 11.0. The van der Waals surface area contributed by atoms with Crippen molar-refractivity contribution in [3.63, 3.8) is 0 Å². The van der Waals surface area contributed by atoms with Gasteiger partial charge in [0.1, 0.15) is 0 Å². The Kier molecular flexibility index (Phi) is 5.72. The maximum Gasteiger partial charge on any atom is 0.271 e. The summed E-state index contributed by atoms with van der Waals surface area (Å²) in [6.45, 7) is 0. The Bertz CT molecular complexity index is 758. The van der Waals surface area contributed by atoms with Crippen LogP contribution in [0.25, 0.3) is 0 Å². The van der Waals surface area contributed by atoms with Crippen molar-refractivity contribution in [3.8, 4) is 5.06 Å². The fourth-order valence-electron chi connectivity index (χ4n) is 1.70. The molecule has 0 fully saturated rings. The fourth-order valence-corrected chi connectivity index (χ4v) is 3.19. The quantitative estimate of drug-likeness (QED) is 0.373. The van der Waals surface area contributed by atoms with Gasteiger partial charge in [-0.3, -0.25) is 14.9 Å². The van der Waals surface area contributed by atoms with Gasteiger partial charge in [0.15, 0.2) is 5.06 Å². The second-order valence-corrected chi connectivity index (χ2v) is 6.34. The highest BCUT2D eigenvalue weighted by Crippen LogP contribution is 2.34. The maximum absolute atomic E-state index is 11.9. The minimum Gasteiger partial charge on any atom is -0.487 e. The van der Waals surface area contributed by atoms with Gasteiger partial charge in [0.05, 0.1) is 22.5 Å². The number of hydrazone groups is 1. The molecule has 7 nitrogen and oxygen atoms in total. The van der Waals surface area contributed by atoms with Gasteiger partial charge < -0.3 is 4.74 Å². The molecule has 2 rings (SSSR count). The first-order valence-electron chi connectivity index (χ1n) is 6.35. The summed E-state index contributed by atoms with van der Waals surface area (Å²) < 4.78 is 6.30. The Balaban J connectivity index is 2.08. The number of methoxy groups -OCH3 is 1. The van der Waals surface area contributed by atoms with Gasteiger partial charge in [-0.2, -0.15) is 5.10 Å². The number of non-ortho nitro benzene ring substituents is 1. The highest BCUT2D eigenvalue weighted by atomic mass is 32.2. The van der Waals surface area contributed by atoms with E-state index in [0.29, 0.717) is 5.06 Å². The molecule has 0 atom stereocenters.